The van der Waals surface area contributed by atoms with Crippen LogP contribution < -0.4 is 0 Å². The lowest BCUT2D eigenvalue weighted by molar-refractivity contribution is -0.136. The predicted molar refractivity (Wildman–Crippen MR) is 60.1 cm³/mol. The number of carboxylic acid groups (broad SMARTS) is 1. The van der Waals surface area contributed by atoms with Crippen molar-refractivity contribution in [3.05, 3.63) is 41.3 Å². The number of carbonyl (C=O) groups is 1. The number of aromatic amines is 1. The van der Waals surface area contributed by atoms with E-state index in [1.807, 2.05) is 0 Å². The van der Waals surface area contributed by atoms with Crippen molar-refractivity contribution < 1.29 is 14.3 Å². The van der Waals surface area contributed by atoms with Gasteiger partial charge in [-0.1, -0.05) is 0 Å². The number of hydrogen-bond donors (Lipinski definition) is 2. The molecular weight excluding hydrogens is 223 g/mol. The molecule has 0 bridgehead atoms. The molecule has 2 rings (SSSR count). The van der Waals surface area contributed by atoms with Crippen LogP contribution in [0, 0.1) is 12.7 Å². The van der Waals surface area contributed by atoms with E-state index in [4.69, 9.17) is 5.11 Å². The van der Waals surface area contributed by atoms with E-state index in [0.29, 0.717) is 17.0 Å². The fourth-order valence-electron chi connectivity index (χ4n) is 1.57. The number of aromatic nitrogens is 2. The minimum absolute atomic E-state index is 0.104. The van der Waals surface area contributed by atoms with E-state index in [1.54, 1.807) is 25.1 Å². The third-order valence-electron chi connectivity index (χ3n) is 2.43. The van der Waals surface area contributed by atoms with Gasteiger partial charge in [0.1, 0.15) is 5.82 Å². The first-order valence-electron chi connectivity index (χ1n) is 5.09. The van der Waals surface area contributed by atoms with E-state index in [9.17, 15) is 9.18 Å². The Hall–Kier alpha value is -2.17. The maximum Gasteiger partial charge on any atom is 0.309 e. The number of nitrogens with zero attached hydrogens (tertiary/aromatic N) is 1. The SMILES string of the molecule is Cc1cc(-c2cc(CC(=O)O)[nH]n2)ccc1F. The van der Waals surface area contributed by atoms with Crippen LogP contribution in [0.15, 0.2) is 24.3 Å². The van der Waals surface area contributed by atoms with Crippen LogP contribution in [-0.2, 0) is 11.2 Å². The van der Waals surface area contributed by atoms with Gasteiger partial charge in [0.2, 0.25) is 0 Å². The van der Waals surface area contributed by atoms with Crippen LogP contribution >= 0.6 is 0 Å². The zero-order valence-electron chi connectivity index (χ0n) is 9.20. The third-order valence-corrected chi connectivity index (χ3v) is 2.43. The number of halogens is 1. The maximum absolute atomic E-state index is 13.1. The van der Waals surface area contributed by atoms with E-state index in [0.717, 1.165) is 5.56 Å². The van der Waals surface area contributed by atoms with Gasteiger partial charge in [-0.3, -0.25) is 9.89 Å². The summed E-state index contributed by atoms with van der Waals surface area (Å²) in [5.74, 6) is -1.19. The quantitative estimate of drug-likeness (QED) is 0.855. The summed E-state index contributed by atoms with van der Waals surface area (Å²) in [5.41, 5.74) is 2.43. The Balaban J connectivity index is 2.30. The lowest BCUT2D eigenvalue weighted by Gasteiger charge is -1.99. The number of H-pyrrole nitrogens is 1. The van der Waals surface area contributed by atoms with Gasteiger partial charge in [-0.15, -0.1) is 0 Å². The molecule has 0 fully saturated rings. The summed E-state index contributed by atoms with van der Waals surface area (Å²) in [5, 5.41) is 15.3. The Morgan fingerprint density at radius 2 is 2.24 bits per heavy atom. The van der Waals surface area contributed by atoms with Crippen molar-refractivity contribution in [3.63, 3.8) is 0 Å². The number of aliphatic carboxylic acids is 1. The molecule has 0 amide bonds. The van der Waals surface area contributed by atoms with Crippen LogP contribution in [0.5, 0.6) is 0 Å². The van der Waals surface area contributed by atoms with Gasteiger partial charge >= 0.3 is 5.97 Å². The molecule has 5 heteroatoms. The first-order chi connectivity index (χ1) is 8.06. The Morgan fingerprint density at radius 3 is 2.88 bits per heavy atom. The van der Waals surface area contributed by atoms with Gasteiger partial charge < -0.3 is 5.11 Å². The Bertz CT molecular complexity index is 563. The van der Waals surface area contributed by atoms with E-state index in [-0.39, 0.29) is 12.2 Å². The van der Waals surface area contributed by atoms with Crippen molar-refractivity contribution in [3.8, 4) is 11.3 Å². The summed E-state index contributed by atoms with van der Waals surface area (Å²) in [6.07, 6.45) is -0.104. The molecule has 2 N–H and O–H groups in total. The molecule has 17 heavy (non-hydrogen) atoms. The van der Waals surface area contributed by atoms with Crippen molar-refractivity contribution >= 4 is 5.97 Å². The van der Waals surface area contributed by atoms with E-state index in [1.165, 1.54) is 6.07 Å². The van der Waals surface area contributed by atoms with Crippen LogP contribution in [0.4, 0.5) is 4.39 Å². The zero-order chi connectivity index (χ0) is 12.4. The number of aryl methyl sites for hydroxylation is 1. The van der Waals surface area contributed by atoms with Gasteiger partial charge in [-0.25, -0.2) is 4.39 Å². The van der Waals surface area contributed by atoms with E-state index < -0.39 is 5.97 Å². The molecule has 1 heterocycles. The molecule has 0 aliphatic rings. The topological polar surface area (TPSA) is 66.0 Å². The fraction of sp³-hybridized carbons (Fsp3) is 0.167. The summed E-state index contributed by atoms with van der Waals surface area (Å²) < 4.78 is 13.1. The molecule has 1 aromatic carbocycles. The highest BCUT2D eigenvalue weighted by Crippen LogP contribution is 2.20. The van der Waals surface area contributed by atoms with Gasteiger partial charge in [-0.05, 0) is 36.8 Å². The minimum Gasteiger partial charge on any atom is -0.481 e. The average Bonchev–Trinajstić information content (AvgIpc) is 2.69. The minimum atomic E-state index is -0.921. The summed E-state index contributed by atoms with van der Waals surface area (Å²) >= 11 is 0. The maximum atomic E-state index is 13.1. The third kappa shape index (κ3) is 2.50. The van der Waals surface area contributed by atoms with Crippen molar-refractivity contribution in [1.29, 1.82) is 0 Å². The van der Waals surface area contributed by atoms with Gasteiger partial charge in [-0.2, -0.15) is 5.10 Å². The number of nitrogens with one attached hydrogen (secondary N) is 1. The second-order valence-electron chi connectivity index (χ2n) is 3.81. The molecule has 0 spiro atoms. The highest BCUT2D eigenvalue weighted by Gasteiger charge is 2.08. The van der Waals surface area contributed by atoms with Crippen molar-refractivity contribution in [2.24, 2.45) is 0 Å². The zero-order valence-corrected chi connectivity index (χ0v) is 9.20. The van der Waals surface area contributed by atoms with Crippen LogP contribution in [0.2, 0.25) is 0 Å². The van der Waals surface area contributed by atoms with Crippen molar-refractivity contribution in [2.75, 3.05) is 0 Å². The first-order valence-corrected chi connectivity index (χ1v) is 5.09. The van der Waals surface area contributed by atoms with Crippen LogP contribution in [0.3, 0.4) is 0 Å². The summed E-state index contributed by atoms with van der Waals surface area (Å²) in [6, 6.07) is 6.32. The molecule has 1 aromatic heterocycles. The number of hydrogen-bond acceptors (Lipinski definition) is 2. The van der Waals surface area contributed by atoms with Gasteiger partial charge in [0.25, 0.3) is 0 Å². The Kier molecular flexibility index (Phi) is 2.91. The van der Waals surface area contributed by atoms with Crippen LogP contribution in [-0.4, -0.2) is 21.3 Å². The normalized spacial score (nSPS) is 10.5. The molecule has 0 unspecified atom stereocenters. The second kappa shape index (κ2) is 4.37. The molecule has 4 nitrogen and oxygen atoms in total. The molecule has 0 aliphatic heterocycles. The van der Waals surface area contributed by atoms with Crippen molar-refractivity contribution in [2.45, 2.75) is 13.3 Å². The van der Waals surface area contributed by atoms with Gasteiger partial charge in [0, 0.05) is 11.3 Å². The Morgan fingerprint density at radius 1 is 1.47 bits per heavy atom. The van der Waals surface area contributed by atoms with E-state index in [2.05, 4.69) is 10.2 Å². The molecule has 0 saturated carbocycles. The number of carboxylic acids is 1. The number of benzene rings is 1. The molecule has 88 valence electrons. The Labute approximate surface area is 97.1 Å². The highest BCUT2D eigenvalue weighted by molar-refractivity contribution is 5.70. The second-order valence-corrected chi connectivity index (χ2v) is 3.81. The summed E-state index contributed by atoms with van der Waals surface area (Å²) in [4.78, 5) is 10.5. The molecule has 0 saturated heterocycles. The smallest absolute Gasteiger partial charge is 0.309 e. The lowest BCUT2D eigenvalue weighted by atomic mass is 10.1. The molecule has 0 atom stereocenters. The molecular formula is C12H11FN2O2. The van der Waals surface area contributed by atoms with Crippen molar-refractivity contribution in [1.82, 2.24) is 10.2 Å². The largest absolute Gasteiger partial charge is 0.481 e. The fourth-order valence-corrected chi connectivity index (χ4v) is 1.57. The average molecular weight is 234 g/mol. The van der Waals surface area contributed by atoms with E-state index >= 15 is 0 Å². The molecule has 2 aromatic rings. The standard InChI is InChI=1S/C12H11FN2O2/c1-7-4-8(2-3-10(7)13)11-5-9(14-15-11)6-12(16)17/h2-5H,6H2,1H3,(H,14,15)(H,16,17). The van der Waals surface area contributed by atoms with Gasteiger partial charge in [0.05, 0.1) is 12.1 Å². The van der Waals surface area contributed by atoms with Crippen LogP contribution in [0.25, 0.3) is 11.3 Å². The van der Waals surface area contributed by atoms with Gasteiger partial charge in [0.15, 0.2) is 0 Å². The number of rotatable bonds is 3. The predicted octanol–water partition coefficient (Wildman–Crippen LogP) is 2.15. The summed E-state index contributed by atoms with van der Waals surface area (Å²) in [7, 11) is 0. The van der Waals surface area contributed by atoms with Crippen LogP contribution in [0.1, 0.15) is 11.3 Å². The first kappa shape index (κ1) is 11.3. The molecule has 0 radical (unpaired) electrons. The monoisotopic (exact) mass is 234 g/mol. The highest BCUT2D eigenvalue weighted by atomic mass is 19.1. The summed E-state index contributed by atoms with van der Waals surface area (Å²) in [6.45, 7) is 1.67. The lowest BCUT2D eigenvalue weighted by Crippen LogP contribution is -1.99. The molecule has 0 aliphatic carbocycles.